The van der Waals surface area contributed by atoms with E-state index < -0.39 is 0 Å². The van der Waals surface area contributed by atoms with Crippen LogP contribution in [-0.4, -0.2) is 11.9 Å². The average molecular weight is 253 g/mol. The topological polar surface area (TPSA) is 55.1 Å². The van der Waals surface area contributed by atoms with Crippen molar-refractivity contribution in [1.29, 1.82) is 0 Å². The average Bonchev–Trinajstić information content (AvgIpc) is 2.19. The van der Waals surface area contributed by atoms with Crippen LogP contribution in [0.2, 0.25) is 5.02 Å². The number of carbonyl (C=O) groups excluding carboxylic acids is 1. The van der Waals surface area contributed by atoms with E-state index in [0.717, 1.165) is 0 Å². The number of benzene rings is 1. The third kappa shape index (κ3) is 2.55. The highest BCUT2D eigenvalue weighted by Crippen LogP contribution is 2.30. The van der Waals surface area contributed by atoms with Crippen molar-refractivity contribution >= 4 is 23.2 Å². The normalized spacial score (nSPS) is 17.3. The Hall–Kier alpha value is -1.22. The van der Waals surface area contributed by atoms with Gasteiger partial charge in [-0.2, -0.15) is 0 Å². The Balaban J connectivity index is 2.06. The molecule has 0 spiro atoms. The Morgan fingerprint density at radius 3 is 2.82 bits per heavy atom. The minimum Gasteiger partial charge on any atom is -0.398 e. The number of amides is 1. The number of halogens is 1. The number of carbonyl (C=O) groups is 1. The molecule has 1 aliphatic rings. The van der Waals surface area contributed by atoms with Crippen molar-refractivity contribution in [2.75, 3.05) is 5.73 Å². The lowest BCUT2D eigenvalue weighted by Crippen LogP contribution is -2.40. The number of hydrogen-bond acceptors (Lipinski definition) is 2. The second-order valence-corrected chi connectivity index (χ2v) is 5.04. The predicted octanol–water partition coefficient (Wildman–Crippen LogP) is 2.84. The summed E-state index contributed by atoms with van der Waals surface area (Å²) in [4.78, 5) is 12.0. The van der Waals surface area contributed by atoms with Crippen LogP contribution >= 0.6 is 11.6 Å². The predicted molar refractivity (Wildman–Crippen MR) is 70.1 cm³/mol. The third-order valence-electron chi connectivity index (χ3n) is 3.49. The van der Waals surface area contributed by atoms with Crippen molar-refractivity contribution in [3.8, 4) is 0 Å². The molecule has 1 aromatic carbocycles. The molecule has 17 heavy (non-hydrogen) atoms. The van der Waals surface area contributed by atoms with Gasteiger partial charge >= 0.3 is 0 Å². The monoisotopic (exact) mass is 252 g/mol. The van der Waals surface area contributed by atoms with Crippen LogP contribution in [0.4, 0.5) is 5.69 Å². The van der Waals surface area contributed by atoms with Gasteiger partial charge in [-0.05, 0) is 37.8 Å². The van der Waals surface area contributed by atoms with Crippen molar-refractivity contribution in [2.45, 2.75) is 32.2 Å². The first kappa shape index (κ1) is 12.2. The van der Waals surface area contributed by atoms with E-state index in [4.69, 9.17) is 17.3 Å². The molecular formula is C13H17ClN2O. The minimum atomic E-state index is -0.137. The molecule has 1 unspecified atom stereocenters. The fraction of sp³-hybridized carbons (Fsp3) is 0.462. The van der Waals surface area contributed by atoms with Gasteiger partial charge < -0.3 is 11.1 Å². The van der Waals surface area contributed by atoms with Gasteiger partial charge in [-0.25, -0.2) is 0 Å². The summed E-state index contributed by atoms with van der Waals surface area (Å²) >= 11 is 6.01. The number of nitrogen functional groups attached to an aromatic ring is 1. The molecule has 3 N–H and O–H groups in total. The molecule has 2 rings (SSSR count). The van der Waals surface area contributed by atoms with Crippen molar-refractivity contribution in [1.82, 2.24) is 5.32 Å². The molecule has 1 atom stereocenters. The number of hydrogen-bond donors (Lipinski definition) is 2. The fourth-order valence-electron chi connectivity index (χ4n) is 2.07. The largest absolute Gasteiger partial charge is 0.398 e. The van der Waals surface area contributed by atoms with Gasteiger partial charge in [0.2, 0.25) is 0 Å². The zero-order valence-corrected chi connectivity index (χ0v) is 10.6. The highest BCUT2D eigenvalue weighted by Gasteiger charge is 2.25. The molecule has 4 heteroatoms. The first-order valence-electron chi connectivity index (χ1n) is 5.94. The maximum atomic E-state index is 12.0. The Bertz CT molecular complexity index is 429. The first-order valence-corrected chi connectivity index (χ1v) is 6.32. The Morgan fingerprint density at radius 2 is 2.24 bits per heavy atom. The summed E-state index contributed by atoms with van der Waals surface area (Å²) in [6, 6.07) is 5.33. The fourth-order valence-corrected chi connectivity index (χ4v) is 2.28. The molecule has 1 aromatic rings. The number of rotatable bonds is 3. The molecule has 0 aromatic heterocycles. The van der Waals surface area contributed by atoms with Crippen LogP contribution in [0, 0.1) is 5.92 Å². The zero-order valence-electron chi connectivity index (χ0n) is 9.87. The van der Waals surface area contributed by atoms with Gasteiger partial charge in [0.25, 0.3) is 5.91 Å². The van der Waals surface area contributed by atoms with Crippen LogP contribution in [-0.2, 0) is 0 Å². The molecular weight excluding hydrogens is 236 g/mol. The van der Waals surface area contributed by atoms with Crippen molar-refractivity contribution in [2.24, 2.45) is 5.92 Å². The molecule has 0 bridgehead atoms. The van der Waals surface area contributed by atoms with Crippen LogP contribution in [0.25, 0.3) is 0 Å². The standard InChI is InChI=1S/C13H17ClN2O/c1-8(9-4-2-5-9)16-13(17)10-6-3-7-11(15)12(10)14/h3,6-9H,2,4-5,15H2,1H3,(H,16,17). The first-order chi connectivity index (χ1) is 8.09. The Kier molecular flexibility index (Phi) is 3.57. The SMILES string of the molecule is CC(NC(=O)c1cccc(N)c1Cl)C1CCC1. The summed E-state index contributed by atoms with van der Waals surface area (Å²) in [5.74, 6) is 0.473. The zero-order chi connectivity index (χ0) is 12.4. The summed E-state index contributed by atoms with van der Waals surface area (Å²) in [5.41, 5.74) is 6.57. The smallest absolute Gasteiger partial charge is 0.253 e. The minimum absolute atomic E-state index is 0.137. The summed E-state index contributed by atoms with van der Waals surface area (Å²) in [6.45, 7) is 2.04. The van der Waals surface area contributed by atoms with Crippen LogP contribution < -0.4 is 11.1 Å². The number of nitrogens with one attached hydrogen (secondary N) is 1. The van der Waals surface area contributed by atoms with E-state index in [1.165, 1.54) is 19.3 Å². The lowest BCUT2D eigenvalue weighted by Gasteiger charge is -2.31. The van der Waals surface area contributed by atoms with Gasteiger partial charge in [0.05, 0.1) is 16.3 Å². The van der Waals surface area contributed by atoms with E-state index in [1.54, 1.807) is 18.2 Å². The molecule has 3 nitrogen and oxygen atoms in total. The van der Waals surface area contributed by atoms with Gasteiger partial charge in [0, 0.05) is 6.04 Å². The summed E-state index contributed by atoms with van der Waals surface area (Å²) in [6.07, 6.45) is 3.67. The van der Waals surface area contributed by atoms with E-state index in [2.05, 4.69) is 5.32 Å². The highest BCUT2D eigenvalue weighted by molar-refractivity contribution is 6.36. The Labute approximate surface area is 106 Å². The summed E-state index contributed by atoms with van der Waals surface area (Å²) in [7, 11) is 0. The van der Waals surface area contributed by atoms with Gasteiger partial charge in [-0.15, -0.1) is 0 Å². The lowest BCUT2D eigenvalue weighted by atomic mass is 9.80. The van der Waals surface area contributed by atoms with Crippen LogP contribution in [0.3, 0.4) is 0 Å². The van der Waals surface area contributed by atoms with Crippen molar-refractivity contribution < 1.29 is 4.79 Å². The second-order valence-electron chi connectivity index (χ2n) is 4.66. The van der Waals surface area contributed by atoms with E-state index in [1.807, 2.05) is 6.92 Å². The van der Waals surface area contributed by atoms with Gasteiger partial charge in [-0.1, -0.05) is 24.1 Å². The van der Waals surface area contributed by atoms with E-state index >= 15 is 0 Å². The molecule has 0 radical (unpaired) electrons. The maximum absolute atomic E-state index is 12.0. The Morgan fingerprint density at radius 1 is 1.53 bits per heavy atom. The summed E-state index contributed by atoms with van der Waals surface area (Å²) < 4.78 is 0. The molecule has 0 saturated heterocycles. The van der Waals surface area contributed by atoms with Crippen molar-refractivity contribution in [3.05, 3.63) is 28.8 Å². The van der Waals surface area contributed by atoms with Gasteiger partial charge in [0.15, 0.2) is 0 Å². The van der Waals surface area contributed by atoms with Gasteiger partial charge in [-0.3, -0.25) is 4.79 Å². The number of nitrogens with two attached hydrogens (primary N) is 1. The van der Waals surface area contributed by atoms with E-state index in [-0.39, 0.29) is 11.9 Å². The highest BCUT2D eigenvalue weighted by atomic mass is 35.5. The molecule has 1 aliphatic carbocycles. The van der Waals surface area contributed by atoms with E-state index in [0.29, 0.717) is 22.2 Å². The molecule has 0 aliphatic heterocycles. The summed E-state index contributed by atoms with van der Waals surface area (Å²) in [5, 5.41) is 3.33. The van der Waals surface area contributed by atoms with Crippen LogP contribution in [0.5, 0.6) is 0 Å². The van der Waals surface area contributed by atoms with E-state index in [9.17, 15) is 4.79 Å². The van der Waals surface area contributed by atoms with Crippen LogP contribution in [0.1, 0.15) is 36.5 Å². The van der Waals surface area contributed by atoms with Crippen LogP contribution in [0.15, 0.2) is 18.2 Å². The van der Waals surface area contributed by atoms with Crippen molar-refractivity contribution in [3.63, 3.8) is 0 Å². The molecule has 1 saturated carbocycles. The lowest BCUT2D eigenvalue weighted by molar-refractivity contribution is 0.0909. The third-order valence-corrected chi connectivity index (χ3v) is 3.91. The second kappa shape index (κ2) is 4.96. The molecule has 92 valence electrons. The molecule has 1 fully saturated rings. The van der Waals surface area contributed by atoms with Gasteiger partial charge in [0.1, 0.15) is 0 Å². The number of anilines is 1. The molecule has 1 amide bonds. The quantitative estimate of drug-likeness (QED) is 0.813. The molecule has 0 heterocycles. The maximum Gasteiger partial charge on any atom is 0.253 e.